The normalized spacial score (nSPS) is 27.9. The number of aryl methyl sites for hydroxylation is 2. The van der Waals surface area contributed by atoms with Gasteiger partial charge >= 0.3 is 0 Å². The molecule has 2 aromatic carbocycles. The van der Waals surface area contributed by atoms with Crippen LogP contribution in [0.4, 0.5) is 0 Å². The van der Waals surface area contributed by atoms with Crippen LogP contribution < -0.4 is 0 Å². The van der Waals surface area contributed by atoms with E-state index >= 15 is 0 Å². The lowest BCUT2D eigenvalue weighted by Crippen LogP contribution is -2.54. The van der Waals surface area contributed by atoms with Crippen molar-refractivity contribution >= 4 is 33.1 Å². The Balaban J connectivity index is 1.84. The van der Waals surface area contributed by atoms with Crippen LogP contribution >= 0.6 is 0 Å². The van der Waals surface area contributed by atoms with Crippen LogP contribution in [-0.4, -0.2) is 54.3 Å². The van der Waals surface area contributed by atoms with Crippen LogP contribution in [0.5, 0.6) is 0 Å². The molecule has 150 valence electrons. The highest BCUT2D eigenvalue weighted by molar-refractivity contribution is 6.06. The van der Waals surface area contributed by atoms with E-state index in [2.05, 4.69) is 0 Å². The lowest BCUT2D eigenvalue weighted by molar-refractivity contribution is -0.238. The molecule has 3 heterocycles. The van der Waals surface area contributed by atoms with E-state index < -0.39 is 30.6 Å². The van der Waals surface area contributed by atoms with Crippen LogP contribution in [0.2, 0.25) is 0 Å². The number of fused-ring (bicyclic) bond motifs is 4. The fraction of sp³-hybridized carbons (Fsp3) is 0.364. The summed E-state index contributed by atoms with van der Waals surface area (Å²) in [5.41, 5.74) is 5.90. The second-order valence-electron chi connectivity index (χ2n) is 7.91. The number of hydrogen-bond acceptors (Lipinski definition) is 6. The molecule has 0 radical (unpaired) electrons. The van der Waals surface area contributed by atoms with Crippen LogP contribution in [-0.2, 0) is 4.74 Å². The minimum atomic E-state index is -1.32. The molecule has 2 aromatic heterocycles. The first kappa shape index (κ1) is 18.4. The molecule has 0 unspecified atom stereocenters. The second-order valence-corrected chi connectivity index (χ2v) is 7.91. The van der Waals surface area contributed by atoms with Crippen molar-refractivity contribution in [1.82, 2.24) is 14.5 Å². The Morgan fingerprint density at radius 2 is 1.55 bits per heavy atom. The van der Waals surface area contributed by atoms with Crippen molar-refractivity contribution in [3.8, 4) is 0 Å². The maximum Gasteiger partial charge on any atom is 0.164 e. The fourth-order valence-electron chi connectivity index (χ4n) is 4.15. The predicted octanol–water partition coefficient (Wildman–Crippen LogP) is 2.35. The average Bonchev–Trinajstić information content (AvgIpc) is 3.02. The van der Waals surface area contributed by atoms with Crippen molar-refractivity contribution < 1.29 is 20.1 Å². The van der Waals surface area contributed by atoms with Crippen molar-refractivity contribution in [1.29, 1.82) is 0 Å². The summed E-state index contributed by atoms with van der Waals surface area (Å²) in [5.74, 6) is 0. The van der Waals surface area contributed by atoms with Crippen molar-refractivity contribution in [3.63, 3.8) is 0 Å². The van der Waals surface area contributed by atoms with Gasteiger partial charge in [-0.3, -0.25) is 4.57 Å². The lowest BCUT2D eigenvalue weighted by atomic mass is 9.99. The molecule has 0 saturated carbocycles. The number of aromatic nitrogens is 3. The summed E-state index contributed by atoms with van der Waals surface area (Å²) in [6, 6.07) is 11.7. The molecule has 0 spiro atoms. The summed E-state index contributed by atoms with van der Waals surface area (Å²) in [5, 5.41) is 32.0. The fourth-order valence-corrected chi connectivity index (χ4v) is 4.15. The average molecular weight is 393 g/mol. The molecule has 7 heteroatoms. The molecular weight excluding hydrogens is 370 g/mol. The van der Waals surface area contributed by atoms with Crippen molar-refractivity contribution in [2.24, 2.45) is 0 Å². The number of para-hydroxylation sites is 1. The van der Waals surface area contributed by atoms with Crippen LogP contribution in [0, 0.1) is 13.8 Å². The summed E-state index contributed by atoms with van der Waals surface area (Å²) in [4.78, 5) is 9.73. The monoisotopic (exact) mass is 393 g/mol. The first-order valence-electron chi connectivity index (χ1n) is 9.74. The minimum absolute atomic E-state index is 0.571. The van der Waals surface area contributed by atoms with Gasteiger partial charge in [-0.25, -0.2) is 9.97 Å². The van der Waals surface area contributed by atoms with Crippen molar-refractivity contribution in [2.75, 3.05) is 0 Å². The first-order valence-corrected chi connectivity index (χ1v) is 9.74. The summed E-state index contributed by atoms with van der Waals surface area (Å²) in [6.45, 7) is 5.75. The molecule has 0 amide bonds. The summed E-state index contributed by atoms with van der Waals surface area (Å²) in [6.07, 6.45) is -5.33. The van der Waals surface area contributed by atoms with Crippen molar-refractivity contribution in [3.05, 3.63) is 47.5 Å². The third-order valence-corrected chi connectivity index (χ3v) is 5.99. The summed E-state index contributed by atoms with van der Waals surface area (Å²) < 4.78 is 7.71. The summed E-state index contributed by atoms with van der Waals surface area (Å²) >= 11 is 0. The summed E-state index contributed by atoms with van der Waals surface area (Å²) in [7, 11) is 0. The number of hydrogen-bond donors (Lipinski definition) is 3. The van der Waals surface area contributed by atoms with E-state index in [1.165, 1.54) is 0 Å². The number of rotatable bonds is 1. The van der Waals surface area contributed by atoms with Gasteiger partial charge in [-0.1, -0.05) is 18.2 Å². The highest BCUT2D eigenvalue weighted by atomic mass is 16.5. The van der Waals surface area contributed by atoms with E-state index in [1.807, 2.05) is 50.2 Å². The van der Waals surface area contributed by atoms with Gasteiger partial charge in [-0.2, -0.15) is 0 Å². The lowest BCUT2D eigenvalue weighted by Gasteiger charge is -2.40. The van der Waals surface area contributed by atoms with Crippen LogP contribution in [0.25, 0.3) is 33.1 Å². The Hall–Kier alpha value is -2.58. The molecule has 3 N–H and O–H groups in total. The van der Waals surface area contributed by atoms with Gasteiger partial charge in [-0.05, 0) is 50.1 Å². The van der Waals surface area contributed by atoms with Gasteiger partial charge in [0.25, 0.3) is 0 Å². The quantitative estimate of drug-likeness (QED) is 0.459. The van der Waals surface area contributed by atoms with E-state index in [9.17, 15) is 15.3 Å². The first-order chi connectivity index (χ1) is 13.9. The highest BCUT2D eigenvalue weighted by Gasteiger charge is 2.43. The van der Waals surface area contributed by atoms with E-state index in [-0.39, 0.29) is 0 Å². The van der Waals surface area contributed by atoms with Crippen molar-refractivity contribution in [2.45, 2.75) is 51.4 Å². The Labute approximate surface area is 167 Å². The third kappa shape index (κ3) is 2.66. The van der Waals surface area contributed by atoms with Crippen LogP contribution in [0.15, 0.2) is 36.4 Å². The number of ether oxygens (including phenoxy) is 1. The Morgan fingerprint density at radius 3 is 2.28 bits per heavy atom. The standard InChI is InChI=1S/C22H23N3O4/c1-10-8-14-15(9-11(10)2)24-21-17(23-14)13-6-4-5-7-16(13)25(21)22-20(28)19(27)18(26)12(3)29-22/h4-9,12,18-20,22,26-28H,1-3H3/t12-,18-,19+,20+,22-/m0/s1. The molecule has 0 aliphatic carbocycles. The second kappa shape index (κ2) is 6.47. The predicted molar refractivity (Wildman–Crippen MR) is 110 cm³/mol. The molecule has 1 saturated heterocycles. The Bertz CT molecular complexity index is 1250. The molecule has 5 atom stereocenters. The topological polar surface area (TPSA) is 101 Å². The molecule has 4 aromatic rings. The molecule has 0 bridgehead atoms. The zero-order chi connectivity index (χ0) is 20.4. The van der Waals surface area contributed by atoms with Gasteiger partial charge in [0.05, 0.1) is 22.7 Å². The molecule has 7 nitrogen and oxygen atoms in total. The highest BCUT2D eigenvalue weighted by Crippen LogP contribution is 2.36. The zero-order valence-electron chi connectivity index (χ0n) is 16.4. The maximum absolute atomic E-state index is 10.7. The SMILES string of the molecule is Cc1cc2nc3c4ccccc4n([C@H]4O[C@@H](C)[C@H](O)[C@@H](O)[C@H]4O)c3nc2cc1C. The molecule has 1 aliphatic rings. The number of benzene rings is 2. The molecular formula is C22H23N3O4. The van der Waals surface area contributed by atoms with Crippen LogP contribution in [0.1, 0.15) is 24.3 Å². The van der Waals surface area contributed by atoms with Gasteiger partial charge in [0, 0.05) is 5.39 Å². The number of aliphatic hydroxyl groups excluding tert-OH is 3. The number of nitrogens with zero attached hydrogens (tertiary/aromatic N) is 3. The van der Waals surface area contributed by atoms with E-state index in [4.69, 9.17) is 14.7 Å². The molecule has 5 rings (SSSR count). The minimum Gasteiger partial charge on any atom is -0.388 e. The van der Waals surface area contributed by atoms with Gasteiger partial charge in [-0.15, -0.1) is 0 Å². The van der Waals surface area contributed by atoms with E-state index in [1.54, 1.807) is 11.5 Å². The van der Waals surface area contributed by atoms with Gasteiger partial charge in [0.1, 0.15) is 23.8 Å². The Kier molecular flexibility index (Phi) is 4.11. The molecule has 1 aliphatic heterocycles. The smallest absolute Gasteiger partial charge is 0.164 e. The van der Waals surface area contributed by atoms with Gasteiger partial charge < -0.3 is 20.1 Å². The van der Waals surface area contributed by atoms with Gasteiger partial charge in [0.2, 0.25) is 0 Å². The van der Waals surface area contributed by atoms with E-state index in [0.29, 0.717) is 11.2 Å². The third-order valence-electron chi connectivity index (χ3n) is 5.99. The van der Waals surface area contributed by atoms with Crippen LogP contribution in [0.3, 0.4) is 0 Å². The molecule has 1 fully saturated rings. The maximum atomic E-state index is 10.7. The van der Waals surface area contributed by atoms with E-state index in [0.717, 1.165) is 33.1 Å². The molecule has 29 heavy (non-hydrogen) atoms. The van der Waals surface area contributed by atoms with Gasteiger partial charge in [0.15, 0.2) is 11.9 Å². The largest absolute Gasteiger partial charge is 0.388 e. The Morgan fingerprint density at radius 1 is 0.897 bits per heavy atom. The zero-order valence-corrected chi connectivity index (χ0v) is 16.4. The number of aliphatic hydroxyl groups is 3.